The monoisotopic (exact) mass is 477 g/mol. The molecule has 0 bridgehead atoms. The van der Waals surface area contributed by atoms with Crippen LogP contribution in [0, 0.1) is 18.8 Å². The van der Waals surface area contributed by atoms with E-state index in [0.29, 0.717) is 23.8 Å². The minimum Gasteiger partial charge on any atom is -0.343 e. The number of carbonyl (C=O) groups is 2. The van der Waals surface area contributed by atoms with Gasteiger partial charge in [-0.25, -0.2) is 8.42 Å². The highest BCUT2D eigenvalue weighted by atomic mass is 35.5. The number of piperidine rings is 1. The van der Waals surface area contributed by atoms with Crippen molar-refractivity contribution < 1.29 is 18.0 Å². The summed E-state index contributed by atoms with van der Waals surface area (Å²) >= 11 is 6.05. The molecule has 0 aliphatic carbocycles. The lowest BCUT2D eigenvalue weighted by Crippen LogP contribution is -2.42. The number of hydrogen-bond acceptors (Lipinski definition) is 4. The van der Waals surface area contributed by atoms with Crippen molar-refractivity contribution in [2.75, 3.05) is 25.0 Å². The Balaban J connectivity index is 1.66. The second kappa shape index (κ2) is 10.0. The second-order valence-electron chi connectivity index (χ2n) is 8.44. The van der Waals surface area contributed by atoms with Gasteiger partial charge in [0.05, 0.1) is 11.4 Å². The molecule has 2 N–H and O–H groups in total. The molecule has 2 aromatic carbocycles. The Morgan fingerprint density at radius 3 is 2.44 bits per heavy atom. The molecule has 0 spiro atoms. The van der Waals surface area contributed by atoms with Crippen LogP contribution in [0.5, 0.6) is 0 Å². The van der Waals surface area contributed by atoms with Gasteiger partial charge in [-0.2, -0.15) is 4.31 Å². The quantitative estimate of drug-likeness (QED) is 0.663. The van der Waals surface area contributed by atoms with Gasteiger partial charge in [-0.15, -0.1) is 0 Å². The fourth-order valence-corrected chi connectivity index (χ4v) is 5.85. The first kappa shape index (κ1) is 24.2. The van der Waals surface area contributed by atoms with E-state index in [1.807, 2.05) is 13.8 Å². The van der Waals surface area contributed by atoms with Gasteiger partial charge < -0.3 is 10.6 Å². The maximum Gasteiger partial charge on any atom is 0.251 e. The molecule has 3 rings (SSSR count). The van der Waals surface area contributed by atoms with Gasteiger partial charge in [0.1, 0.15) is 0 Å². The SMILES string of the molecule is Cc1c(Cl)cccc1NC(=O)CNC(=O)c1cccc(S(=O)(=O)N2C[C@H](C)C[C@H](C)C2)c1. The maximum atomic E-state index is 13.1. The Bertz CT molecular complexity index is 1110. The normalized spacial score (nSPS) is 19.4. The molecular weight excluding hydrogens is 450 g/mol. The predicted octanol–water partition coefficient (Wildman–Crippen LogP) is 3.68. The predicted molar refractivity (Wildman–Crippen MR) is 125 cm³/mol. The minimum atomic E-state index is -3.70. The Labute approximate surface area is 194 Å². The smallest absolute Gasteiger partial charge is 0.251 e. The molecule has 0 saturated carbocycles. The molecule has 7 nitrogen and oxygen atoms in total. The molecule has 0 radical (unpaired) electrons. The van der Waals surface area contributed by atoms with Crippen LogP contribution in [-0.4, -0.2) is 44.2 Å². The van der Waals surface area contributed by atoms with Crippen LogP contribution in [0.2, 0.25) is 5.02 Å². The minimum absolute atomic E-state index is 0.0745. The van der Waals surface area contributed by atoms with Crippen molar-refractivity contribution in [3.63, 3.8) is 0 Å². The lowest BCUT2D eigenvalue weighted by atomic mass is 9.94. The Kier molecular flexibility index (Phi) is 7.59. The fraction of sp³-hybridized carbons (Fsp3) is 0.391. The molecule has 9 heteroatoms. The summed E-state index contributed by atoms with van der Waals surface area (Å²) in [5, 5.41) is 5.77. The molecule has 2 amide bonds. The van der Waals surface area contributed by atoms with Crippen molar-refractivity contribution in [1.29, 1.82) is 0 Å². The molecule has 0 aromatic heterocycles. The average Bonchev–Trinajstić information content (AvgIpc) is 2.74. The van der Waals surface area contributed by atoms with Crippen molar-refractivity contribution >= 4 is 39.1 Å². The average molecular weight is 478 g/mol. The Morgan fingerprint density at radius 2 is 1.75 bits per heavy atom. The van der Waals surface area contributed by atoms with Crippen LogP contribution in [0.25, 0.3) is 0 Å². The molecule has 1 aliphatic heterocycles. The van der Waals surface area contributed by atoms with E-state index in [2.05, 4.69) is 10.6 Å². The van der Waals surface area contributed by atoms with Gasteiger partial charge >= 0.3 is 0 Å². The first-order valence-corrected chi connectivity index (χ1v) is 12.3. The first-order chi connectivity index (χ1) is 15.1. The summed E-state index contributed by atoms with van der Waals surface area (Å²) in [6.07, 6.45) is 0.991. The third-order valence-corrected chi connectivity index (χ3v) is 7.76. The van der Waals surface area contributed by atoms with Gasteiger partial charge in [0, 0.05) is 29.4 Å². The number of carbonyl (C=O) groups excluding carboxylic acids is 2. The topological polar surface area (TPSA) is 95.6 Å². The van der Waals surface area contributed by atoms with Gasteiger partial charge in [0.2, 0.25) is 15.9 Å². The number of anilines is 1. The molecule has 1 saturated heterocycles. The molecule has 172 valence electrons. The van der Waals surface area contributed by atoms with E-state index in [-0.39, 0.29) is 28.8 Å². The summed E-state index contributed by atoms with van der Waals surface area (Å²) < 4.78 is 27.7. The fourth-order valence-electron chi connectivity index (χ4n) is 3.95. The second-order valence-corrected chi connectivity index (χ2v) is 10.8. The van der Waals surface area contributed by atoms with Crippen molar-refractivity contribution in [2.24, 2.45) is 11.8 Å². The third-order valence-electron chi connectivity index (χ3n) is 5.52. The zero-order chi connectivity index (χ0) is 23.5. The van der Waals surface area contributed by atoms with Crippen LogP contribution in [0.4, 0.5) is 5.69 Å². The highest BCUT2D eigenvalue weighted by Crippen LogP contribution is 2.27. The Hall–Kier alpha value is -2.42. The number of amides is 2. The molecular formula is C23H28ClN3O4S. The molecule has 32 heavy (non-hydrogen) atoms. The standard InChI is InChI=1S/C23H28ClN3O4S/c1-15-10-16(2)14-27(13-15)32(30,31)19-7-4-6-18(11-19)23(29)25-12-22(28)26-21-9-5-8-20(24)17(21)3/h4-9,11,15-16H,10,12-14H2,1-3H3,(H,25,29)(H,26,28)/t15-,16+. The van der Waals surface area contributed by atoms with E-state index in [4.69, 9.17) is 11.6 Å². The van der Waals surface area contributed by atoms with E-state index < -0.39 is 21.8 Å². The Morgan fingerprint density at radius 1 is 1.09 bits per heavy atom. The highest BCUT2D eigenvalue weighted by molar-refractivity contribution is 7.89. The van der Waals surface area contributed by atoms with Gasteiger partial charge in [0.25, 0.3) is 5.91 Å². The number of benzene rings is 2. The van der Waals surface area contributed by atoms with Crippen molar-refractivity contribution in [3.05, 3.63) is 58.6 Å². The molecule has 2 aromatic rings. The molecule has 2 atom stereocenters. The van der Waals surface area contributed by atoms with E-state index in [0.717, 1.165) is 12.0 Å². The third kappa shape index (κ3) is 5.68. The van der Waals surface area contributed by atoms with Crippen molar-refractivity contribution in [1.82, 2.24) is 9.62 Å². The number of hydrogen-bond donors (Lipinski definition) is 2. The van der Waals surface area contributed by atoms with E-state index in [9.17, 15) is 18.0 Å². The summed E-state index contributed by atoms with van der Waals surface area (Å²) in [4.78, 5) is 24.9. The van der Waals surface area contributed by atoms with Crippen molar-refractivity contribution in [3.8, 4) is 0 Å². The van der Waals surface area contributed by atoms with Gasteiger partial charge in [-0.05, 0) is 61.1 Å². The number of nitrogens with one attached hydrogen (secondary N) is 2. The maximum absolute atomic E-state index is 13.1. The van der Waals surface area contributed by atoms with Gasteiger partial charge in [0.15, 0.2) is 0 Å². The lowest BCUT2D eigenvalue weighted by molar-refractivity contribution is -0.115. The number of nitrogens with zero attached hydrogens (tertiary/aromatic N) is 1. The lowest BCUT2D eigenvalue weighted by Gasteiger charge is -2.34. The first-order valence-electron chi connectivity index (χ1n) is 10.5. The molecule has 0 unspecified atom stereocenters. The van der Waals surface area contributed by atoms with Crippen LogP contribution in [0.1, 0.15) is 36.2 Å². The summed E-state index contributed by atoms with van der Waals surface area (Å²) in [6.45, 7) is 6.53. The summed E-state index contributed by atoms with van der Waals surface area (Å²) in [7, 11) is -3.70. The van der Waals surface area contributed by atoms with Crippen LogP contribution in [0.15, 0.2) is 47.4 Å². The van der Waals surface area contributed by atoms with Crippen LogP contribution < -0.4 is 10.6 Å². The summed E-state index contributed by atoms with van der Waals surface area (Å²) in [5.41, 5.74) is 1.47. The number of sulfonamides is 1. The molecule has 1 heterocycles. The van der Waals surface area contributed by atoms with E-state index in [1.54, 1.807) is 25.1 Å². The number of rotatable bonds is 6. The van der Waals surface area contributed by atoms with E-state index in [1.165, 1.54) is 28.6 Å². The van der Waals surface area contributed by atoms with E-state index >= 15 is 0 Å². The van der Waals surface area contributed by atoms with Crippen LogP contribution in [-0.2, 0) is 14.8 Å². The largest absolute Gasteiger partial charge is 0.343 e. The molecule has 1 aliphatic rings. The zero-order valence-electron chi connectivity index (χ0n) is 18.4. The number of halogens is 1. The van der Waals surface area contributed by atoms with Crippen LogP contribution >= 0.6 is 11.6 Å². The summed E-state index contributed by atoms with van der Waals surface area (Å²) in [5.74, 6) is -0.382. The van der Waals surface area contributed by atoms with Crippen molar-refractivity contribution in [2.45, 2.75) is 32.1 Å². The molecule has 1 fully saturated rings. The van der Waals surface area contributed by atoms with Gasteiger partial charge in [-0.1, -0.05) is 37.6 Å². The highest BCUT2D eigenvalue weighted by Gasteiger charge is 2.32. The summed E-state index contributed by atoms with van der Waals surface area (Å²) in [6, 6.07) is 11.1. The van der Waals surface area contributed by atoms with Gasteiger partial charge in [-0.3, -0.25) is 9.59 Å². The van der Waals surface area contributed by atoms with Crippen LogP contribution in [0.3, 0.4) is 0 Å². The zero-order valence-corrected chi connectivity index (χ0v) is 20.0.